The van der Waals surface area contributed by atoms with Gasteiger partial charge < -0.3 is 14.7 Å². The largest absolute Gasteiger partial charge is 0.458 e. The number of piperazine rings is 1. The number of carbonyl (C=O) groups excluding carboxylic acids is 1. The molecule has 0 unspecified atom stereocenters. The molecule has 4 rings (SSSR count). The number of esters is 1. The average Bonchev–Trinajstić information content (AvgIpc) is 2.77. The van der Waals surface area contributed by atoms with Crippen molar-refractivity contribution in [2.24, 2.45) is 23.7 Å². The van der Waals surface area contributed by atoms with Crippen LogP contribution < -0.4 is 4.90 Å². The van der Waals surface area contributed by atoms with Gasteiger partial charge in [0.1, 0.15) is 11.9 Å². The first-order chi connectivity index (χ1) is 15.7. The molecule has 6 nitrogen and oxygen atoms in total. The average molecular weight is 476 g/mol. The summed E-state index contributed by atoms with van der Waals surface area (Å²) < 4.78 is 5.54. The Morgan fingerprint density at radius 1 is 1.33 bits per heavy atom. The fourth-order valence-electron chi connectivity index (χ4n) is 6.29. The molecule has 1 aromatic heterocycles. The van der Waals surface area contributed by atoms with Crippen LogP contribution in [0.5, 0.6) is 0 Å². The molecule has 1 saturated heterocycles. The van der Waals surface area contributed by atoms with Crippen LogP contribution in [0.15, 0.2) is 30.0 Å². The lowest BCUT2D eigenvalue weighted by Crippen LogP contribution is -2.56. The van der Waals surface area contributed by atoms with Gasteiger partial charge in [0, 0.05) is 58.2 Å². The van der Waals surface area contributed by atoms with Crippen molar-refractivity contribution in [1.29, 1.82) is 0 Å². The molecular formula is C26H38ClN3O3. The van der Waals surface area contributed by atoms with E-state index in [1.807, 2.05) is 19.1 Å². The molecule has 2 heterocycles. The zero-order valence-corrected chi connectivity index (χ0v) is 21.1. The van der Waals surface area contributed by atoms with Gasteiger partial charge in [0.2, 0.25) is 0 Å². The molecule has 2 aliphatic carbocycles. The molecular weight excluding hydrogens is 438 g/mol. The molecule has 2 fully saturated rings. The molecule has 182 valence electrons. The van der Waals surface area contributed by atoms with Crippen molar-refractivity contribution in [2.45, 2.75) is 58.7 Å². The van der Waals surface area contributed by atoms with Gasteiger partial charge in [0.25, 0.3) is 0 Å². The number of pyridine rings is 1. The highest BCUT2D eigenvalue weighted by molar-refractivity contribution is 6.32. The Bertz CT molecular complexity index is 885. The van der Waals surface area contributed by atoms with Crippen LogP contribution in [0.25, 0.3) is 0 Å². The third-order valence-electron chi connectivity index (χ3n) is 8.28. The normalized spacial score (nSPS) is 33.8. The maximum absolute atomic E-state index is 11.8. The second-order valence-corrected chi connectivity index (χ2v) is 10.9. The Labute approximate surface area is 202 Å². The first-order valence-electron chi connectivity index (χ1n) is 12.3. The van der Waals surface area contributed by atoms with Crippen LogP contribution in [0, 0.1) is 23.7 Å². The van der Waals surface area contributed by atoms with Crippen molar-refractivity contribution in [3.05, 3.63) is 35.0 Å². The molecule has 0 bridgehead atoms. The Kier molecular flexibility index (Phi) is 7.37. The van der Waals surface area contributed by atoms with Gasteiger partial charge in [0.15, 0.2) is 0 Å². The number of anilines is 1. The fourth-order valence-corrected chi connectivity index (χ4v) is 6.53. The first kappa shape index (κ1) is 24.5. The number of nitrogens with zero attached hydrogens (tertiary/aromatic N) is 3. The van der Waals surface area contributed by atoms with Crippen molar-refractivity contribution >= 4 is 23.4 Å². The van der Waals surface area contributed by atoms with E-state index >= 15 is 0 Å². The monoisotopic (exact) mass is 475 g/mol. The maximum atomic E-state index is 11.8. The third kappa shape index (κ3) is 5.08. The fraction of sp³-hybridized carbons (Fsp3) is 0.692. The lowest BCUT2D eigenvalue weighted by molar-refractivity contribution is -0.159. The van der Waals surface area contributed by atoms with E-state index in [0.717, 1.165) is 57.0 Å². The number of ether oxygens (including phenoxy) is 1. The van der Waals surface area contributed by atoms with Gasteiger partial charge in [-0.3, -0.25) is 9.69 Å². The third-order valence-corrected chi connectivity index (χ3v) is 8.58. The summed E-state index contributed by atoms with van der Waals surface area (Å²) in [6, 6.07) is 3.76. The lowest BCUT2D eigenvalue weighted by atomic mass is 9.57. The van der Waals surface area contributed by atoms with E-state index < -0.39 is 5.60 Å². The predicted molar refractivity (Wildman–Crippen MR) is 131 cm³/mol. The number of aromatic nitrogens is 1. The quantitative estimate of drug-likeness (QED) is 0.509. The molecule has 1 aliphatic heterocycles. The topological polar surface area (TPSA) is 65.9 Å². The molecule has 6 atom stereocenters. The number of rotatable bonds is 5. The minimum atomic E-state index is -0.814. The molecule has 3 aliphatic rings. The van der Waals surface area contributed by atoms with Crippen molar-refractivity contribution in [2.75, 3.05) is 37.6 Å². The van der Waals surface area contributed by atoms with Gasteiger partial charge in [-0.25, -0.2) is 4.98 Å². The van der Waals surface area contributed by atoms with Crippen molar-refractivity contribution < 1.29 is 14.6 Å². The van der Waals surface area contributed by atoms with Crippen molar-refractivity contribution in [3.8, 4) is 0 Å². The number of hydrogen-bond donors (Lipinski definition) is 1. The van der Waals surface area contributed by atoms with E-state index in [-0.39, 0.29) is 23.9 Å². The number of carbonyl (C=O) groups is 1. The van der Waals surface area contributed by atoms with Gasteiger partial charge in [-0.15, -0.1) is 0 Å². The molecule has 0 radical (unpaired) electrons. The molecule has 0 aromatic carbocycles. The van der Waals surface area contributed by atoms with Crippen LogP contribution >= 0.6 is 11.6 Å². The molecule has 1 saturated carbocycles. The molecule has 0 amide bonds. The van der Waals surface area contributed by atoms with E-state index in [1.165, 1.54) is 6.92 Å². The molecule has 7 heteroatoms. The smallest absolute Gasteiger partial charge is 0.303 e. The highest BCUT2D eigenvalue weighted by atomic mass is 35.5. The minimum Gasteiger partial charge on any atom is -0.458 e. The van der Waals surface area contributed by atoms with Gasteiger partial charge in [0.05, 0.1) is 10.6 Å². The van der Waals surface area contributed by atoms with E-state index in [9.17, 15) is 9.90 Å². The molecule has 0 spiro atoms. The Morgan fingerprint density at radius 3 is 2.73 bits per heavy atom. The van der Waals surface area contributed by atoms with E-state index in [1.54, 1.807) is 6.20 Å². The predicted octanol–water partition coefficient (Wildman–Crippen LogP) is 4.17. The van der Waals surface area contributed by atoms with Crippen LogP contribution in [0.1, 0.15) is 47.0 Å². The van der Waals surface area contributed by atoms with Gasteiger partial charge >= 0.3 is 5.97 Å². The number of halogens is 1. The van der Waals surface area contributed by atoms with Gasteiger partial charge in [-0.05, 0) is 55.2 Å². The summed E-state index contributed by atoms with van der Waals surface area (Å²) in [6.45, 7) is 12.8. The summed E-state index contributed by atoms with van der Waals surface area (Å²) in [4.78, 5) is 20.8. The summed E-state index contributed by atoms with van der Waals surface area (Å²) in [5.74, 6) is 1.78. The van der Waals surface area contributed by atoms with E-state index in [4.69, 9.17) is 16.3 Å². The second kappa shape index (κ2) is 9.93. The van der Waals surface area contributed by atoms with Crippen LogP contribution in [-0.2, 0) is 9.53 Å². The zero-order valence-electron chi connectivity index (χ0n) is 20.3. The Balaban J connectivity index is 1.41. The molecule has 33 heavy (non-hydrogen) atoms. The van der Waals surface area contributed by atoms with Gasteiger partial charge in [-0.2, -0.15) is 0 Å². The SMILES string of the molecule is CC(=O)O[C@@H]1C[C@@]2(O)[C@H](C)CC[C@@H]([C@H](C)CN3CCN(c4ncccc4Cl)CC3)[C@H]2C=C1C. The highest BCUT2D eigenvalue weighted by Gasteiger charge is 2.52. The van der Waals surface area contributed by atoms with Crippen molar-refractivity contribution in [1.82, 2.24) is 9.88 Å². The summed E-state index contributed by atoms with van der Waals surface area (Å²) in [5, 5.41) is 12.5. The summed E-state index contributed by atoms with van der Waals surface area (Å²) in [6.07, 6.45) is 6.34. The van der Waals surface area contributed by atoms with Gasteiger partial charge in [-0.1, -0.05) is 31.5 Å². The summed E-state index contributed by atoms with van der Waals surface area (Å²) in [7, 11) is 0. The minimum absolute atomic E-state index is 0.108. The number of fused-ring (bicyclic) bond motifs is 1. The molecule has 1 N–H and O–H groups in total. The lowest BCUT2D eigenvalue weighted by Gasteiger charge is -2.53. The second-order valence-electron chi connectivity index (χ2n) is 10.4. The van der Waals surface area contributed by atoms with Crippen LogP contribution in [0.2, 0.25) is 5.02 Å². The van der Waals surface area contributed by atoms with E-state index in [2.05, 4.69) is 34.7 Å². The van der Waals surface area contributed by atoms with Crippen LogP contribution in [-0.4, -0.2) is 65.4 Å². The van der Waals surface area contributed by atoms with Crippen molar-refractivity contribution in [3.63, 3.8) is 0 Å². The summed E-state index contributed by atoms with van der Waals surface area (Å²) >= 11 is 6.34. The Hall–Kier alpha value is -1.63. The summed E-state index contributed by atoms with van der Waals surface area (Å²) in [5.41, 5.74) is 0.262. The maximum Gasteiger partial charge on any atom is 0.303 e. The number of aliphatic hydroxyl groups is 1. The zero-order chi connectivity index (χ0) is 23.8. The standard InChI is InChI=1S/C26H38ClN3O3/c1-17-14-22-21(8-7-19(3)26(22,32)15-24(17)33-20(4)31)18(2)16-29-10-12-30(13-11-29)25-23(27)6-5-9-28-25/h5-6,9,14,18-19,21-22,24,32H,7-8,10-13,15-16H2,1-4H3/t18-,19-,21+,22-,24-,26-/m1/s1. The molecule has 1 aromatic rings. The number of hydrogen-bond acceptors (Lipinski definition) is 6. The highest BCUT2D eigenvalue weighted by Crippen LogP contribution is 2.51. The Morgan fingerprint density at radius 2 is 2.06 bits per heavy atom. The van der Waals surface area contributed by atoms with E-state index in [0.29, 0.717) is 23.3 Å². The first-order valence-corrected chi connectivity index (χ1v) is 12.7. The van der Waals surface area contributed by atoms with Crippen LogP contribution in [0.3, 0.4) is 0 Å². The van der Waals surface area contributed by atoms with Crippen LogP contribution in [0.4, 0.5) is 5.82 Å².